The number of halogens is 2. The summed E-state index contributed by atoms with van der Waals surface area (Å²) in [6.45, 7) is 9.97. The van der Waals surface area contributed by atoms with E-state index in [1.807, 2.05) is 36.6 Å². The third-order valence-electron chi connectivity index (χ3n) is 4.96. The third kappa shape index (κ3) is 6.40. The molecule has 2 aromatic carbocycles. The molecule has 7 nitrogen and oxygen atoms in total. The summed E-state index contributed by atoms with van der Waals surface area (Å²) in [6.07, 6.45) is 1.71. The van der Waals surface area contributed by atoms with Gasteiger partial charge in [0.1, 0.15) is 0 Å². The van der Waals surface area contributed by atoms with Gasteiger partial charge in [-0.25, -0.2) is 0 Å². The molecule has 3 aromatic rings. The minimum absolute atomic E-state index is 0.148. The maximum Gasteiger partial charge on any atom is 0.253 e. The Morgan fingerprint density at radius 2 is 1.94 bits per heavy atom. The lowest BCUT2D eigenvalue weighted by Gasteiger charge is -2.16. The Morgan fingerprint density at radius 1 is 1.18 bits per heavy atom. The van der Waals surface area contributed by atoms with E-state index in [4.69, 9.17) is 23.2 Å². The van der Waals surface area contributed by atoms with Crippen molar-refractivity contribution in [1.29, 1.82) is 0 Å². The number of hydrogen-bond acceptors (Lipinski definition) is 5. The Hall–Kier alpha value is -2.81. The molecule has 10 heteroatoms. The molecule has 2 amide bonds. The van der Waals surface area contributed by atoms with Crippen LogP contribution in [0, 0.1) is 13.8 Å². The van der Waals surface area contributed by atoms with Gasteiger partial charge in [0.2, 0.25) is 5.91 Å². The van der Waals surface area contributed by atoms with Crippen LogP contribution in [0.2, 0.25) is 10.0 Å². The highest BCUT2D eigenvalue weighted by Gasteiger charge is 2.21. The second-order valence-corrected chi connectivity index (χ2v) is 9.50. The topological polar surface area (TPSA) is 88.9 Å². The van der Waals surface area contributed by atoms with E-state index in [0.29, 0.717) is 28.1 Å². The van der Waals surface area contributed by atoms with Crippen molar-refractivity contribution in [3.8, 4) is 0 Å². The van der Waals surface area contributed by atoms with Crippen LogP contribution in [0.1, 0.15) is 40.3 Å². The van der Waals surface area contributed by atoms with Gasteiger partial charge in [-0.15, -0.1) is 16.8 Å². The Bertz CT molecular complexity index is 1230. The molecule has 0 unspecified atom stereocenters. The summed E-state index contributed by atoms with van der Waals surface area (Å²) in [6, 6.07) is 10.1. The normalized spacial score (nSPS) is 11.7. The molecule has 0 aliphatic heterocycles. The summed E-state index contributed by atoms with van der Waals surface area (Å²) in [5.74, 6) is 0.189. The summed E-state index contributed by atoms with van der Waals surface area (Å²) in [7, 11) is 0. The van der Waals surface area contributed by atoms with Crippen molar-refractivity contribution in [2.75, 3.05) is 11.1 Å². The number of anilines is 1. The molecule has 1 heterocycles. The molecule has 0 saturated heterocycles. The number of aromatic nitrogens is 3. The zero-order chi connectivity index (χ0) is 24.8. The molecule has 0 saturated carbocycles. The van der Waals surface area contributed by atoms with Crippen LogP contribution < -0.4 is 10.6 Å². The molecule has 3 rings (SSSR count). The van der Waals surface area contributed by atoms with E-state index in [9.17, 15) is 9.59 Å². The van der Waals surface area contributed by atoms with Crippen molar-refractivity contribution in [2.45, 2.75) is 38.5 Å². The first-order valence-electron chi connectivity index (χ1n) is 10.5. The van der Waals surface area contributed by atoms with Gasteiger partial charge in [-0.2, -0.15) is 0 Å². The summed E-state index contributed by atoms with van der Waals surface area (Å²) in [4.78, 5) is 25.2. The molecule has 1 atom stereocenters. The number of aryl methyl sites for hydroxylation is 2. The molecule has 0 spiro atoms. The van der Waals surface area contributed by atoms with E-state index >= 15 is 0 Å². The highest BCUT2D eigenvalue weighted by molar-refractivity contribution is 7.99. The van der Waals surface area contributed by atoms with E-state index in [1.165, 1.54) is 17.8 Å². The first-order valence-corrected chi connectivity index (χ1v) is 12.2. The minimum Gasteiger partial charge on any atom is -0.342 e. The van der Waals surface area contributed by atoms with Crippen molar-refractivity contribution >= 4 is 52.5 Å². The van der Waals surface area contributed by atoms with Crippen LogP contribution in [-0.2, 0) is 11.3 Å². The number of nitrogens with one attached hydrogen (secondary N) is 2. The van der Waals surface area contributed by atoms with Gasteiger partial charge in [-0.1, -0.05) is 58.7 Å². The number of benzene rings is 2. The van der Waals surface area contributed by atoms with Crippen molar-refractivity contribution in [3.05, 3.63) is 81.6 Å². The molecule has 2 N–H and O–H groups in total. The molecule has 0 radical (unpaired) electrons. The fraction of sp³-hybridized carbons (Fsp3) is 0.250. The maximum absolute atomic E-state index is 12.7. The smallest absolute Gasteiger partial charge is 0.253 e. The molecule has 1 aromatic heterocycles. The van der Waals surface area contributed by atoms with Gasteiger partial charge in [0, 0.05) is 17.3 Å². The second kappa shape index (κ2) is 11.6. The number of thioether (sulfide) groups is 1. The summed E-state index contributed by atoms with van der Waals surface area (Å²) in [5, 5.41) is 15.5. The number of carbonyl (C=O) groups excluding carboxylic acids is 2. The fourth-order valence-corrected chi connectivity index (χ4v) is 4.56. The molecule has 0 aliphatic rings. The van der Waals surface area contributed by atoms with Crippen LogP contribution in [0.5, 0.6) is 0 Å². The van der Waals surface area contributed by atoms with Crippen molar-refractivity contribution < 1.29 is 9.59 Å². The zero-order valence-electron chi connectivity index (χ0n) is 19.1. The van der Waals surface area contributed by atoms with Crippen molar-refractivity contribution in [3.63, 3.8) is 0 Å². The molecular formula is C24H25Cl2N5O2S. The standard InChI is InChI=1S/C24H25Cl2N5O2S/c1-5-10-31-22(16(4)27-23(33)18-8-7-17(25)12-19(18)26)29-30-24(31)34-13-21(32)28-20-9-6-14(2)11-15(20)3/h5-9,11-12,16H,1,10,13H2,2-4H3,(H,27,33)(H,28,32)/t16-/m0/s1. The first kappa shape index (κ1) is 25.8. The average Bonchev–Trinajstić information content (AvgIpc) is 3.17. The van der Waals surface area contributed by atoms with Crippen LogP contribution in [-0.4, -0.2) is 32.3 Å². The van der Waals surface area contributed by atoms with Gasteiger partial charge in [-0.3, -0.25) is 9.59 Å². The highest BCUT2D eigenvalue weighted by atomic mass is 35.5. The molecular weight excluding hydrogens is 493 g/mol. The molecule has 0 aliphatic carbocycles. The van der Waals surface area contributed by atoms with Gasteiger partial charge in [0.15, 0.2) is 11.0 Å². The number of allylic oxidation sites excluding steroid dienone is 1. The van der Waals surface area contributed by atoms with E-state index in [2.05, 4.69) is 27.4 Å². The Labute approximate surface area is 212 Å². The number of hydrogen-bond donors (Lipinski definition) is 2. The highest BCUT2D eigenvalue weighted by Crippen LogP contribution is 2.24. The van der Waals surface area contributed by atoms with Crippen LogP contribution in [0.25, 0.3) is 0 Å². The lowest BCUT2D eigenvalue weighted by molar-refractivity contribution is -0.113. The lowest BCUT2D eigenvalue weighted by Crippen LogP contribution is -2.29. The fourth-order valence-electron chi connectivity index (χ4n) is 3.31. The number of amides is 2. The van der Waals surface area contributed by atoms with E-state index in [1.54, 1.807) is 25.1 Å². The van der Waals surface area contributed by atoms with Crippen LogP contribution in [0.3, 0.4) is 0 Å². The average molecular weight is 518 g/mol. The summed E-state index contributed by atoms with van der Waals surface area (Å²) < 4.78 is 1.82. The van der Waals surface area contributed by atoms with Crippen LogP contribution >= 0.6 is 35.0 Å². The van der Waals surface area contributed by atoms with Gasteiger partial charge >= 0.3 is 0 Å². The molecule has 34 heavy (non-hydrogen) atoms. The summed E-state index contributed by atoms with van der Waals surface area (Å²) in [5.41, 5.74) is 3.22. The lowest BCUT2D eigenvalue weighted by atomic mass is 10.1. The Morgan fingerprint density at radius 3 is 2.62 bits per heavy atom. The van der Waals surface area contributed by atoms with Gasteiger partial charge in [-0.05, 0) is 50.6 Å². The van der Waals surface area contributed by atoms with Gasteiger partial charge in [0.05, 0.1) is 22.4 Å². The second-order valence-electron chi connectivity index (χ2n) is 7.71. The predicted octanol–water partition coefficient (Wildman–Crippen LogP) is 5.61. The summed E-state index contributed by atoms with van der Waals surface area (Å²) >= 11 is 13.3. The van der Waals surface area contributed by atoms with E-state index in [-0.39, 0.29) is 22.6 Å². The molecule has 0 bridgehead atoms. The number of rotatable bonds is 9. The van der Waals surface area contributed by atoms with Crippen molar-refractivity contribution in [1.82, 2.24) is 20.1 Å². The van der Waals surface area contributed by atoms with E-state index < -0.39 is 6.04 Å². The maximum atomic E-state index is 12.7. The van der Waals surface area contributed by atoms with E-state index in [0.717, 1.165) is 16.8 Å². The minimum atomic E-state index is -0.468. The van der Waals surface area contributed by atoms with Crippen LogP contribution in [0.4, 0.5) is 5.69 Å². The molecule has 0 fully saturated rings. The largest absolute Gasteiger partial charge is 0.342 e. The van der Waals surface area contributed by atoms with Gasteiger partial charge < -0.3 is 15.2 Å². The first-order chi connectivity index (χ1) is 16.2. The monoisotopic (exact) mass is 517 g/mol. The Balaban J connectivity index is 1.68. The zero-order valence-corrected chi connectivity index (χ0v) is 21.4. The van der Waals surface area contributed by atoms with Gasteiger partial charge in [0.25, 0.3) is 5.91 Å². The quantitative estimate of drug-likeness (QED) is 0.284. The predicted molar refractivity (Wildman–Crippen MR) is 138 cm³/mol. The third-order valence-corrected chi connectivity index (χ3v) is 6.47. The van der Waals surface area contributed by atoms with Crippen molar-refractivity contribution in [2.24, 2.45) is 0 Å². The molecule has 178 valence electrons. The Kier molecular flexibility index (Phi) is 8.77. The van der Waals surface area contributed by atoms with Crippen LogP contribution in [0.15, 0.2) is 54.2 Å². The SMILES string of the molecule is C=CCn1c(SCC(=O)Nc2ccc(C)cc2C)nnc1[C@H](C)NC(=O)c1ccc(Cl)cc1Cl. The number of carbonyl (C=O) groups is 2. The number of nitrogens with zero attached hydrogens (tertiary/aromatic N) is 3.